The zero-order valence-corrected chi connectivity index (χ0v) is 11.8. The van der Waals surface area contributed by atoms with Gasteiger partial charge in [-0.3, -0.25) is 4.98 Å². The highest BCUT2D eigenvalue weighted by Gasteiger charge is 2.19. The predicted molar refractivity (Wildman–Crippen MR) is 81.1 cm³/mol. The molecule has 0 aliphatic rings. The summed E-state index contributed by atoms with van der Waals surface area (Å²) in [6.45, 7) is 1.84. The van der Waals surface area contributed by atoms with Crippen molar-refractivity contribution in [3.63, 3.8) is 0 Å². The van der Waals surface area contributed by atoms with Crippen molar-refractivity contribution in [2.75, 3.05) is 0 Å². The lowest BCUT2D eigenvalue weighted by Crippen LogP contribution is -2.02. The molecule has 3 heterocycles. The third kappa shape index (κ3) is 1.88. The van der Waals surface area contributed by atoms with Crippen molar-refractivity contribution >= 4 is 11.0 Å². The summed E-state index contributed by atoms with van der Waals surface area (Å²) in [4.78, 5) is 11.6. The van der Waals surface area contributed by atoms with E-state index in [-0.39, 0.29) is 5.82 Å². The number of benzene rings is 1. The van der Waals surface area contributed by atoms with Crippen molar-refractivity contribution in [1.29, 1.82) is 0 Å². The molecule has 0 aliphatic heterocycles. The van der Waals surface area contributed by atoms with Crippen LogP contribution in [0.25, 0.3) is 27.8 Å². The van der Waals surface area contributed by atoms with E-state index in [2.05, 4.69) is 20.1 Å². The number of aromatic amines is 1. The summed E-state index contributed by atoms with van der Waals surface area (Å²) in [5.74, 6) is 0.363. The molecule has 6 heteroatoms. The summed E-state index contributed by atoms with van der Waals surface area (Å²) in [6, 6.07) is 7.12. The van der Waals surface area contributed by atoms with Crippen LogP contribution in [0.3, 0.4) is 0 Å². The number of H-pyrrole nitrogens is 1. The van der Waals surface area contributed by atoms with Gasteiger partial charge in [0.2, 0.25) is 0 Å². The Morgan fingerprint density at radius 3 is 2.86 bits per heavy atom. The van der Waals surface area contributed by atoms with Gasteiger partial charge in [-0.15, -0.1) is 0 Å². The third-order valence-electron chi connectivity index (χ3n) is 3.51. The normalized spacial score (nSPS) is 11.2. The van der Waals surface area contributed by atoms with Crippen LogP contribution in [0.15, 0.2) is 49.1 Å². The number of fused-ring (bicyclic) bond motifs is 1. The minimum absolute atomic E-state index is 0.339. The number of nitrogens with zero attached hydrogens (tertiary/aromatic N) is 4. The maximum Gasteiger partial charge on any atom is 0.159 e. The quantitative estimate of drug-likeness (QED) is 0.617. The topological polar surface area (TPSA) is 59.4 Å². The van der Waals surface area contributed by atoms with Crippen LogP contribution < -0.4 is 0 Å². The molecular formula is C16H12FN5. The zero-order chi connectivity index (χ0) is 15.1. The largest absolute Gasteiger partial charge is 0.342 e. The fourth-order valence-corrected chi connectivity index (χ4v) is 2.58. The molecule has 0 unspecified atom stereocenters. The molecule has 22 heavy (non-hydrogen) atoms. The Morgan fingerprint density at radius 1 is 1.23 bits per heavy atom. The molecular weight excluding hydrogens is 281 g/mol. The number of rotatable bonds is 2. The average molecular weight is 293 g/mol. The minimum Gasteiger partial charge on any atom is -0.342 e. The van der Waals surface area contributed by atoms with E-state index < -0.39 is 0 Å². The summed E-state index contributed by atoms with van der Waals surface area (Å²) in [6.07, 6.45) is 6.62. The number of pyridine rings is 1. The standard InChI is InChI=1S/C16H12FN5/c1-10-20-13-8-12(11-4-2-5-18-9-11)14(17)16(15(13)21-10)22-7-3-6-19-22/h2-9H,1H3,(H,20,21). The van der Waals surface area contributed by atoms with Crippen molar-refractivity contribution in [2.24, 2.45) is 0 Å². The first-order valence-electron chi connectivity index (χ1n) is 6.83. The Hall–Kier alpha value is -3.02. The maximum absolute atomic E-state index is 15.1. The smallest absolute Gasteiger partial charge is 0.159 e. The van der Waals surface area contributed by atoms with Gasteiger partial charge < -0.3 is 4.98 Å². The fourth-order valence-electron chi connectivity index (χ4n) is 2.58. The second-order valence-electron chi connectivity index (χ2n) is 5.00. The van der Waals surface area contributed by atoms with Crippen LogP contribution in [-0.2, 0) is 0 Å². The molecule has 1 N–H and O–H groups in total. The van der Waals surface area contributed by atoms with Gasteiger partial charge in [-0.2, -0.15) is 5.10 Å². The molecule has 4 aromatic rings. The van der Waals surface area contributed by atoms with E-state index >= 15 is 4.39 Å². The van der Waals surface area contributed by atoms with E-state index in [1.54, 1.807) is 43.0 Å². The molecule has 5 nitrogen and oxygen atoms in total. The Labute approximate surface area is 125 Å². The minimum atomic E-state index is -0.365. The molecule has 0 aliphatic carbocycles. The van der Waals surface area contributed by atoms with Crippen LogP contribution in [0.1, 0.15) is 5.82 Å². The maximum atomic E-state index is 15.1. The number of hydrogen-bond acceptors (Lipinski definition) is 3. The Balaban J connectivity index is 2.10. The predicted octanol–water partition coefficient (Wildman–Crippen LogP) is 3.26. The van der Waals surface area contributed by atoms with Crippen molar-refractivity contribution in [1.82, 2.24) is 24.7 Å². The molecule has 0 bridgehead atoms. The second-order valence-corrected chi connectivity index (χ2v) is 5.00. The number of halogens is 1. The van der Waals surface area contributed by atoms with Crippen LogP contribution in [0, 0.1) is 12.7 Å². The first-order valence-corrected chi connectivity index (χ1v) is 6.83. The molecule has 0 atom stereocenters. The third-order valence-corrected chi connectivity index (χ3v) is 3.51. The number of imidazole rings is 1. The summed E-state index contributed by atoms with van der Waals surface area (Å²) in [5, 5.41) is 4.15. The summed E-state index contributed by atoms with van der Waals surface area (Å²) in [5.41, 5.74) is 2.85. The van der Waals surface area contributed by atoms with E-state index in [1.165, 1.54) is 4.68 Å². The van der Waals surface area contributed by atoms with E-state index in [4.69, 9.17) is 0 Å². The molecule has 4 rings (SSSR count). The van der Waals surface area contributed by atoms with Crippen molar-refractivity contribution in [3.8, 4) is 16.8 Å². The lowest BCUT2D eigenvalue weighted by Gasteiger charge is -2.09. The molecule has 0 saturated heterocycles. The fraction of sp³-hybridized carbons (Fsp3) is 0.0625. The van der Waals surface area contributed by atoms with Crippen molar-refractivity contribution < 1.29 is 4.39 Å². The monoisotopic (exact) mass is 293 g/mol. The van der Waals surface area contributed by atoms with Crippen LogP contribution >= 0.6 is 0 Å². The Bertz CT molecular complexity index is 942. The van der Waals surface area contributed by atoms with Gasteiger partial charge in [-0.05, 0) is 25.1 Å². The summed E-state index contributed by atoms with van der Waals surface area (Å²) < 4.78 is 16.6. The second kappa shape index (κ2) is 4.77. The van der Waals surface area contributed by atoms with Gasteiger partial charge in [0.15, 0.2) is 5.82 Å². The van der Waals surface area contributed by atoms with Crippen molar-refractivity contribution in [2.45, 2.75) is 6.92 Å². The zero-order valence-electron chi connectivity index (χ0n) is 11.8. The van der Waals surface area contributed by atoms with E-state index in [0.29, 0.717) is 22.3 Å². The number of aryl methyl sites for hydroxylation is 1. The molecule has 108 valence electrons. The SMILES string of the molecule is Cc1nc2c(-n3cccn3)c(F)c(-c3cccnc3)cc2[nH]1. The van der Waals surface area contributed by atoms with E-state index in [1.807, 2.05) is 13.0 Å². The summed E-state index contributed by atoms with van der Waals surface area (Å²) >= 11 is 0. The lowest BCUT2D eigenvalue weighted by atomic mass is 10.0. The van der Waals surface area contributed by atoms with Gasteiger partial charge in [0, 0.05) is 35.9 Å². The van der Waals surface area contributed by atoms with Gasteiger partial charge in [0.1, 0.15) is 17.0 Å². The summed E-state index contributed by atoms with van der Waals surface area (Å²) in [7, 11) is 0. The van der Waals surface area contributed by atoms with Gasteiger partial charge in [0.05, 0.1) is 5.52 Å². The molecule has 0 amide bonds. The lowest BCUT2D eigenvalue weighted by molar-refractivity contribution is 0.616. The van der Waals surface area contributed by atoms with E-state index in [9.17, 15) is 0 Å². The molecule has 0 saturated carbocycles. The van der Waals surface area contributed by atoms with Crippen molar-refractivity contribution in [3.05, 3.63) is 60.7 Å². The van der Waals surface area contributed by atoms with Gasteiger partial charge in [-0.25, -0.2) is 14.1 Å². The number of hydrogen-bond donors (Lipinski definition) is 1. The Kier molecular flexibility index (Phi) is 2.75. The van der Waals surface area contributed by atoms with Gasteiger partial charge in [-0.1, -0.05) is 6.07 Å². The number of nitrogens with one attached hydrogen (secondary N) is 1. The first kappa shape index (κ1) is 12.7. The molecule has 1 aromatic carbocycles. The highest BCUT2D eigenvalue weighted by Crippen LogP contribution is 2.32. The first-order chi connectivity index (χ1) is 10.7. The van der Waals surface area contributed by atoms with Gasteiger partial charge >= 0.3 is 0 Å². The average Bonchev–Trinajstić information content (AvgIpc) is 3.16. The van der Waals surface area contributed by atoms with E-state index in [0.717, 1.165) is 11.3 Å². The van der Waals surface area contributed by atoms with Crippen LogP contribution in [0.4, 0.5) is 4.39 Å². The molecule has 0 fully saturated rings. The van der Waals surface area contributed by atoms with Crippen LogP contribution in [0.2, 0.25) is 0 Å². The number of aromatic nitrogens is 5. The molecule has 3 aromatic heterocycles. The van der Waals surface area contributed by atoms with Crippen LogP contribution in [-0.4, -0.2) is 24.7 Å². The van der Waals surface area contributed by atoms with Crippen LogP contribution in [0.5, 0.6) is 0 Å². The van der Waals surface area contributed by atoms with Gasteiger partial charge in [0.25, 0.3) is 0 Å². The molecule has 0 radical (unpaired) electrons. The highest BCUT2D eigenvalue weighted by molar-refractivity contribution is 5.90. The Morgan fingerprint density at radius 2 is 2.14 bits per heavy atom. The highest BCUT2D eigenvalue weighted by atomic mass is 19.1. The molecule has 0 spiro atoms.